The van der Waals surface area contributed by atoms with Gasteiger partial charge in [0.25, 0.3) is 0 Å². The lowest BCUT2D eigenvalue weighted by Crippen LogP contribution is -2.08. The zero-order valence-corrected chi connectivity index (χ0v) is 16.9. The molecule has 0 saturated carbocycles. The van der Waals surface area contributed by atoms with Gasteiger partial charge in [-0.2, -0.15) is 5.26 Å². The number of hydrogen-bond acceptors (Lipinski definition) is 3. The largest absolute Gasteiger partial charge is 0.478 e. The van der Waals surface area contributed by atoms with Crippen molar-refractivity contribution in [1.29, 1.82) is 5.26 Å². The van der Waals surface area contributed by atoms with Gasteiger partial charge in [0.1, 0.15) is 5.82 Å². The number of ether oxygens (including phenoxy) is 1. The van der Waals surface area contributed by atoms with Gasteiger partial charge in [0.05, 0.1) is 23.8 Å². The molecule has 0 aliphatic heterocycles. The van der Waals surface area contributed by atoms with Gasteiger partial charge in [-0.05, 0) is 74.6 Å². The van der Waals surface area contributed by atoms with Gasteiger partial charge in [0.2, 0.25) is 5.88 Å². The summed E-state index contributed by atoms with van der Waals surface area (Å²) in [4.78, 5) is 4.62. The van der Waals surface area contributed by atoms with Gasteiger partial charge in [0, 0.05) is 11.6 Å². The van der Waals surface area contributed by atoms with Crippen LogP contribution in [0.25, 0.3) is 22.4 Å². The van der Waals surface area contributed by atoms with Gasteiger partial charge in [-0.3, -0.25) is 0 Å². The molecule has 1 heterocycles. The molecule has 148 valence electrons. The summed E-state index contributed by atoms with van der Waals surface area (Å²) in [6.45, 7) is 4.44. The van der Waals surface area contributed by atoms with E-state index in [1.165, 1.54) is 12.1 Å². The summed E-state index contributed by atoms with van der Waals surface area (Å²) in [6.07, 6.45) is 2.61. The average molecular weight is 388 g/mol. The lowest BCUT2D eigenvalue weighted by Gasteiger charge is -2.15. The van der Waals surface area contributed by atoms with Gasteiger partial charge >= 0.3 is 0 Å². The number of pyridine rings is 1. The third kappa shape index (κ3) is 5.89. The Bertz CT molecular complexity index is 976. The van der Waals surface area contributed by atoms with E-state index in [0.29, 0.717) is 12.5 Å². The van der Waals surface area contributed by atoms with Crippen molar-refractivity contribution in [2.45, 2.75) is 33.1 Å². The Balaban J connectivity index is 1.78. The second-order valence-corrected chi connectivity index (χ2v) is 7.75. The number of benzene rings is 2. The van der Waals surface area contributed by atoms with E-state index in [1.54, 1.807) is 12.1 Å². The van der Waals surface area contributed by atoms with E-state index >= 15 is 0 Å². The second-order valence-electron chi connectivity index (χ2n) is 7.75. The first kappa shape index (κ1) is 20.5. The molecular weight excluding hydrogens is 363 g/mol. The fourth-order valence-electron chi connectivity index (χ4n) is 3.05. The topological polar surface area (TPSA) is 45.9 Å². The van der Waals surface area contributed by atoms with Gasteiger partial charge in [-0.15, -0.1) is 0 Å². The highest BCUT2D eigenvalue weighted by Gasteiger charge is 2.15. The molecule has 0 atom stereocenters. The molecule has 0 radical (unpaired) electrons. The number of rotatable bonds is 8. The predicted octanol–water partition coefficient (Wildman–Crippen LogP) is 6.65. The highest BCUT2D eigenvalue weighted by Crippen LogP contribution is 2.29. The minimum atomic E-state index is -0.304. The molecule has 29 heavy (non-hydrogen) atoms. The van der Waals surface area contributed by atoms with E-state index in [9.17, 15) is 4.39 Å². The normalized spacial score (nSPS) is 11.1. The summed E-state index contributed by atoms with van der Waals surface area (Å²) in [5.74, 6) is 0.273. The van der Waals surface area contributed by atoms with Crippen LogP contribution in [0.4, 0.5) is 4.39 Å². The fraction of sp³-hybridized carbons (Fsp3) is 0.280. The summed E-state index contributed by atoms with van der Waals surface area (Å²) in [5.41, 5.74) is 3.34. The Morgan fingerprint density at radius 1 is 0.931 bits per heavy atom. The van der Waals surface area contributed by atoms with Gasteiger partial charge in [-0.1, -0.05) is 30.3 Å². The van der Waals surface area contributed by atoms with Gasteiger partial charge in [-0.25, -0.2) is 9.37 Å². The monoisotopic (exact) mass is 388 g/mol. The van der Waals surface area contributed by atoms with E-state index in [-0.39, 0.29) is 11.2 Å². The van der Waals surface area contributed by atoms with Crippen LogP contribution in [0.15, 0.2) is 66.7 Å². The molecule has 1 aromatic heterocycles. The summed E-state index contributed by atoms with van der Waals surface area (Å²) >= 11 is 0. The maximum Gasteiger partial charge on any atom is 0.214 e. The minimum Gasteiger partial charge on any atom is -0.478 e. The van der Waals surface area contributed by atoms with Crippen LogP contribution in [-0.2, 0) is 0 Å². The molecule has 0 amide bonds. The van der Waals surface area contributed by atoms with E-state index < -0.39 is 0 Å². The number of aromatic nitrogens is 1. The lowest BCUT2D eigenvalue weighted by atomic mass is 9.89. The van der Waals surface area contributed by atoms with Crippen molar-refractivity contribution < 1.29 is 9.13 Å². The number of hydrogen-bond donors (Lipinski definition) is 0. The van der Waals surface area contributed by atoms with Gasteiger partial charge in [0.15, 0.2) is 0 Å². The lowest BCUT2D eigenvalue weighted by molar-refractivity contribution is 0.285. The molecule has 0 aliphatic rings. The minimum absolute atomic E-state index is 0.273. The van der Waals surface area contributed by atoms with Crippen LogP contribution >= 0.6 is 0 Å². The highest BCUT2D eigenvalue weighted by molar-refractivity contribution is 5.71. The van der Waals surface area contributed by atoms with Crippen molar-refractivity contribution in [3.05, 3.63) is 72.5 Å². The van der Waals surface area contributed by atoms with Crippen molar-refractivity contribution in [3.63, 3.8) is 0 Å². The second kappa shape index (κ2) is 9.34. The van der Waals surface area contributed by atoms with Crippen molar-refractivity contribution in [1.82, 2.24) is 4.98 Å². The number of halogens is 1. The molecular formula is C25H25FN2O. The summed E-state index contributed by atoms with van der Waals surface area (Å²) in [6, 6.07) is 22.6. The summed E-state index contributed by atoms with van der Waals surface area (Å²) in [5, 5.41) is 9.11. The standard InChI is InChI=1S/C25H25FN2O/c1-25(2,18-27)14-6-7-15-29-24-17-21(19-8-4-3-5-9-19)16-23(28-24)20-10-12-22(26)13-11-20/h3-5,8-13,16-17H,6-7,14-15H2,1-2H3. The molecule has 0 fully saturated rings. The van der Waals surface area contributed by atoms with Crippen molar-refractivity contribution in [3.8, 4) is 34.3 Å². The molecule has 0 saturated heterocycles. The number of nitrogens with zero attached hydrogens (tertiary/aromatic N) is 2. The molecule has 2 aromatic carbocycles. The quantitative estimate of drug-likeness (QED) is 0.406. The van der Waals surface area contributed by atoms with Crippen LogP contribution in [0.5, 0.6) is 5.88 Å². The Morgan fingerprint density at radius 3 is 2.34 bits per heavy atom. The van der Waals surface area contributed by atoms with Gasteiger partial charge < -0.3 is 4.74 Å². The Hall–Kier alpha value is -3.19. The first-order chi connectivity index (χ1) is 14.0. The fourth-order valence-corrected chi connectivity index (χ4v) is 3.05. The molecule has 0 N–H and O–H groups in total. The van der Waals surface area contributed by atoms with Crippen LogP contribution in [0, 0.1) is 22.6 Å². The zero-order chi connectivity index (χ0) is 20.7. The maximum absolute atomic E-state index is 13.3. The molecule has 0 bridgehead atoms. The van der Waals surface area contributed by atoms with E-state index in [1.807, 2.05) is 56.3 Å². The van der Waals surface area contributed by atoms with E-state index in [4.69, 9.17) is 10.00 Å². The van der Waals surface area contributed by atoms with Crippen LogP contribution in [-0.4, -0.2) is 11.6 Å². The smallest absolute Gasteiger partial charge is 0.214 e. The summed E-state index contributed by atoms with van der Waals surface area (Å²) in [7, 11) is 0. The van der Waals surface area contributed by atoms with Crippen LogP contribution in [0.1, 0.15) is 33.1 Å². The Morgan fingerprint density at radius 2 is 1.66 bits per heavy atom. The third-order valence-corrected chi connectivity index (χ3v) is 4.80. The SMILES string of the molecule is CC(C)(C#N)CCCCOc1cc(-c2ccccc2)cc(-c2ccc(F)cc2)n1. The molecule has 3 rings (SSSR count). The highest BCUT2D eigenvalue weighted by atomic mass is 19.1. The number of unbranched alkanes of at least 4 members (excludes halogenated alkanes) is 1. The Kier molecular flexibility index (Phi) is 6.61. The third-order valence-electron chi connectivity index (χ3n) is 4.80. The average Bonchev–Trinajstić information content (AvgIpc) is 2.74. The van der Waals surface area contributed by atoms with Crippen LogP contribution < -0.4 is 4.74 Å². The van der Waals surface area contributed by atoms with E-state index in [2.05, 4.69) is 11.1 Å². The van der Waals surface area contributed by atoms with Crippen LogP contribution in [0.3, 0.4) is 0 Å². The molecule has 0 unspecified atom stereocenters. The number of nitriles is 1. The molecule has 3 aromatic rings. The maximum atomic E-state index is 13.3. The molecule has 0 spiro atoms. The summed E-state index contributed by atoms with van der Waals surface area (Å²) < 4.78 is 19.2. The predicted molar refractivity (Wildman–Crippen MR) is 114 cm³/mol. The molecule has 0 aliphatic carbocycles. The Labute approximate surface area is 171 Å². The zero-order valence-electron chi connectivity index (χ0n) is 16.9. The first-order valence-corrected chi connectivity index (χ1v) is 9.84. The molecule has 4 heteroatoms. The van der Waals surface area contributed by atoms with Crippen molar-refractivity contribution in [2.24, 2.45) is 5.41 Å². The van der Waals surface area contributed by atoms with Crippen molar-refractivity contribution >= 4 is 0 Å². The van der Waals surface area contributed by atoms with E-state index in [0.717, 1.165) is 41.6 Å². The first-order valence-electron chi connectivity index (χ1n) is 9.84. The molecule has 3 nitrogen and oxygen atoms in total. The van der Waals surface area contributed by atoms with Crippen molar-refractivity contribution in [2.75, 3.05) is 6.61 Å². The van der Waals surface area contributed by atoms with Crippen LogP contribution in [0.2, 0.25) is 0 Å².